The Balaban J connectivity index is 1.95. The Hall–Kier alpha value is -1.13. The quantitative estimate of drug-likeness (QED) is 0.815. The van der Waals surface area contributed by atoms with Gasteiger partial charge in [-0.25, -0.2) is 9.97 Å². The van der Waals surface area contributed by atoms with E-state index in [1.807, 2.05) is 31.2 Å². The van der Waals surface area contributed by atoms with Crippen LogP contribution in [-0.2, 0) is 0 Å². The second-order valence-electron chi connectivity index (χ2n) is 4.76. The molecule has 0 atom stereocenters. The number of anilines is 2. The fourth-order valence-electron chi connectivity index (χ4n) is 1.85. The number of hydrogen-bond donors (Lipinski definition) is 1. The molecule has 1 aromatic carbocycles. The lowest BCUT2D eigenvalue weighted by Crippen LogP contribution is -2.03. The minimum Gasteiger partial charge on any atom is -0.340 e. The van der Waals surface area contributed by atoms with Crippen LogP contribution < -0.4 is 5.32 Å². The van der Waals surface area contributed by atoms with Crippen molar-refractivity contribution >= 4 is 39.0 Å². The molecule has 0 aliphatic heterocycles. The lowest BCUT2D eigenvalue weighted by molar-refractivity contribution is 0.922. The standard InChI is InChI=1S/C14H13BrClN3/c1-8-12(16)18-14(9-5-6-9)19-13(8)17-11-4-2-3-10(15)7-11/h2-4,7,9H,5-6H2,1H3,(H,17,18,19). The summed E-state index contributed by atoms with van der Waals surface area (Å²) in [6.45, 7) is 1.93. The maximum absolute atomic E-state index is 6.19. The molecule has 98 valence electrons. The summed E-state index contributed by atoms with van der Waals surface area (Å²) in [5, 5.41) is 3.85. The Morgan fingerprint density at radius 3 is 2.79 bits per heavy atom. The minimum absolute atomic E-state index is 0.487. The van der Waals surface area contributed by atoms with Gasteiger partial charge in [0.15, 0.2) is 0 Å². The van der Waals surface area contributed by atoms with Gasteiger partial charge in [0.1, 0.15) is 16.8 Å². The molecule has 1 fully saturated rings. The molecule has 3 rings (SSSR count). The third-order valence-corrected chi connectivity index (χ3v) is 3.99. The molecule has 1 aromatic heterocycles. The average Bonchev–Trinajstić information content (AvgIpc) is 3.19. The number of halogens is 2. The van der Waals surface area contributed by atoms with Gasteiger partial charge in [0.2, 0.25) is 0 Å². The highest BCUT2D eigenvalue weighted by atomic mass is 79.9. The number of nitrogens with one attached hydrogen (secondary N) is 1. The summed E-state index contributed by atoms with van der Waals surface area (Å²) in [5.74, 6) is 2.13. The largest absolute Gasteiger partial charge is 0.340 e. The second-order valence-corrected chi connectivity index (χ2v) is 6.03. The number of nitrogens with zero attached hydrogens (tertiary/aromatic N) is 2. The molecule has 0 saturated heterocycles. The van der Waals surface area contributed by atoms with Crippen molar-refractivity contribution in [3.05, 3.63) is 45.3 Å². The molecule has 0 unspecified atom stereocenters. The van der Waals surface area contributed by atoms with E-state index in [1.54, 1.807) is 0 Å². The molecule has 0 amide bonds. The molecule has 5 heteroatoms. The summed E-state index contributed by atoms with van der Waals surface area (Å²) in [7, 11) is 0. The van der Waals surface area contributed by atoms with E-state index < -0.39 is 0 Å². The molecule has 0 bridgehead atoms. The maximum Gasteiger partial charge on any atom is 0.138 e. The highest BCUT2D eigenvalue weighted by molar-refractivity contribution is 9.10. The van der Waals surface area contributed by atoms with E-state index in [1.165, 1.54) is 0 Å². The van der Waals surface area contributed by atoms with Gasteiger partial charge in [-0.3, -0.25) is 0 Å². The first-order valence-corrected chi connectivity index (χ1v) is 7.37. The lowest BCUT2D eigenvalue weighted by Gasteiger charge is -2.11. The average molecular weight is 339 g/mol. The Labute approximate surface area is 125 Å². The molecule has 0 spiro atoms. The summed E-state index contributed by atoms with van der Waals surface area (Å²) in [6, 6.07) is 7.97. The number of hydrogen-bond acceptors (Lipinski definition) is 3. The van der Waals surface area contributed by atoms with Crippen LogP contribution in [0.1, 0.15) is 30.1 Å². The van der Waals surface area contributed by atoms with E-state index in [0.717, 1.165) is 40.2 Å². The van der Waals surface area contributed by atoms with E-state index in [9.17, 15) is 0 Å². The zero-order valence-corrected chi connectivity index (χ0v) is 12.8. The monoisotopic (exact) mass is 337 g/mol. The highest BCUT2D eigenvalue weighted by Gasteiger charge is 2.28. The van der Waals surface area contributed by atoms with Gasteiger partial charge in [-0.05, 0) is 38.0 Å². The van der Waals surface area contributed by atoms with Crippen molar-refractivity contribution in [3.8, 4) is 0 Å². The second kappa shape index (κ2) is 5.10. The van der Waals surface area contributed by atoms with Gasteiger partial charge in [0.05, 0.1) is 0 Å². The highest BCUT2D eigenvalue weighted by Crippen LogP contribution is 2.39. The third kappa shape index (κ3) is 2.90. The predicted molar refractivity (Wildman–Crippen MR) is 81.2 cm³/mol. The van der Waals surface area contributed by atoms with Crippen molar-refractivity contribution in [2.24, 2.45) is 0 Å². The molecular formula is C14H13BrClN3. The van der Waals surface area contributed by atoms with E-state index in [0.29, 0.717) is 11.1 Å². The van der Waals surface area contributed by atoms with Gasteiger partial charge in [-0.1, -0.05) is 33.6 Å². The zero-order valence-electron chi connectivity index (χ0n) is 10.5. The Bertz CT molecular complexity index is 626. The maximum atomic E-state index is 6.19. The van der Waals surface area contributed by atoms with Crippen molar-refractivity contribution < 1.29 is 0 Å². The van der Waals surface area contributed by atoms with Crippen LogP contribution >= 0.6 is 27.5 Å². The van der Waals surface area contributed by atoms with Crippen LogP contribution in [0.3, 0.4) is 0 Å². The summed E-state index contributed by atoms with van der Waals surface area (Å²) in [4.78, 5) is 8.96. The van der Waals surface area contributed by atoms with Crippen molar-refractivity contribution in [2.75, 3.05) is 5.32 Å². The third-order valence-electron chi connectivity index (χ3n) is 3.13. The van der Waals surface area contributed by atoms with Gasteiger partial charge >= 0.3 is 0 Å². The van der Waals surface area contributed by atoms with Crippen LogP contribution in [0.4, 0.5) is 11.5 Å². The molecule has 1 saturated carbocycles. The van der Waals surface area contributed by atoms with Crippen molar-refractivity contribution in [3.63, 3.8) is 0 Å². The first kappa shape index (κ1) is 12.9. The lowest BCUT2D eigenvalue weighted by atomic mass is 10.3. The van der Waals surface area contributed by atoms with E-state index in [-0.39, 0.29) is 0 Å². The first-order chi connectivity index (χ1) is 9.13. The molecule has 1 aliphatic carbocycles. The van der Waals surface area contributed by atoms with Crippen LogP contribution in [0.25, 0.3) is 0 Å². The van der Waals surface area contributed by atoms with Gasteiger partial charge < -0.3 is 5.32 Å². The van der Waals surface area contributed by atoms with Gasteiger partial charge in [0, 0.05) is 21.6 Å². The fourth-order valence-corrected chi connectivity index (χ4v) is 2.43. The van der Waals surface area contributed by atoms with E-state index in [2.05, 4.69) is 31.2 Å². The van der Waals surface area contributed by atoms with E-state index in [4.69, 9.17) is 11.6 Å². The Morgan fingerprint density at radius 1 is 1.32 bits per heavy atom. The SMILES string of the molecule is Cc1c(Cl)nc(C2CC2)nc1Nc1cccc(Br)c1. The first-order valence-electron chi connectivity index (χ1n) is 6.20. The number of aromatic nitrogens is 2. The molecular weight excluding hydrogens is 326 g/mol. The summed E-state index contributed by atoms with van der Waals surface area (Å²) in [5.41, 5.74) is 1.86. The van der Waals surface area contributed by atoms with Crippen LogP contribution in [0, 0.1) is 6.92 Å². The topological polar surface area (TPSA) is 37.8 Å². The summed E-state index contributed by atoms with van der Waals surface area (Å²) < 4.78 is 1.03. The minimum atomic E-state index is 0.487. The van der Waals surface area contributed by atoms with Crippen LogP contribution in [0.15, 0.2) is 28.7 Å². The number of benzene rings is 1. The van der Waals surface area contributed by atoms with Crippen molar-refractivity contribution in [2.45, 2.75) is 25.7 Å². The normalized spacial score (nSPS) is 14.5. The molecule has 1 N–H and O–H groups in total. The zero-order chi connectivity index (χ0) is 13.4. The summed E-state index contributed by atoms with van der Waals surface area (Å²) >= 11 is 9.65. The van der Waals surface area contributed by atoms with Gasteiger partial charge in [-0.2, -0.15) is 0 Å². The Kier molecular flexibility index (Phi) is 3.46. The molecule has 3 nitrogen and oxygen atoms in total. The predicted octanol–water partition coefficient (Wildman–Crippen LogP) is 4.82. The molecule has 1 aliphatic rings. The van der Waals surface area contributed by atoms with Gasteiger partial charge in [-0.15, -0.1) is 0 Å². The van der Waals surface area contributed by atoms with E-state index >= 15 is 0 Å². The summed E-state index contributed by atoms with van der Waals surface area (Å²) in [6.07, 6.45) is 2.32. The number of rotatable bonds is 3. The van der Waals surface area contributed by atoms with Crippen LogP contribution in [-0.4, -0.2) is 9.97 Å². The molecule has 2 aromatic rings. The fraction of sp³-hybridized carbons (Fsp3) is 0.286. The van der Waals surface area contributed by atoms with Crippen molar-refractivity contribution in [1.29, 1.82) is 0 Å². The van der Waals surface area contributed by atoms with Crippen LogP contribution in [0.5, 0.6) is 0 Å². The van der Waals surface area contributed by atoms with Gasteiger partial charge in [0.25, 0.3) is 0 Å². The Morgan fingerprint density at radius 2 is 2.11 bits per heavy atom. The van der Waals surface area contributed by atoms with Crippen LogP contribution in [0.2, 0.25) is 5.15 Å². The smallest absolute Gasteiger partial charge is 0.138 e. The molecule has 19 heavy (non-hydrogen) atoms. The molecule has 1 heterocycles. The molecule has 0 radical (unpaired) electrons. The van der Waals surface area contributed by atoms with Crippen molar-refractivity contribution in [1.82, 2.24) is 9.97 Å².